The molecule has 5 heteroatoms. The molecular formula is C15H14N2O3. The number of nitrogens with zero attached hydrogens (tertiary/aromatic N) is 2. The Kier molecular flexibility index (Phi) is 4.10. The van der Waals surface area contributed by atoms with E-state index in [-0.39, 0.29) is 19.0 Å². The Labute approximate surface area is 116 Å². The minimum Gasteiger partial charge on any atom is -0.480 e. The molecule has 1 aromatic heterocycles. The quantitative estimate of drug-likeness (QED) is 0.843. The average molecular weight is 270 g/mol. The zero-order valence-corrected chi connectivity index (χ0v) is 10.8. The number of aliphatic carboxylic acids is 1. The molecule has 0 spiro atoms. The third kappa shape index (κ3) is 2.83. The van der Waals surface area contributed by atoms with Crippen molar-refractivity contribution >= 4 is 22.8 Å². The number of hydrogen-bond donors (Lipinski definition) is 1. The molecule has 2 aromatic rings. The minimum atomic E-state index is -1.06. The second-order valence-electron chi connectivity index (χ2n) is 4.24. The van der Waals surface area contributed by atoms with Crippen molar-refractivity contribution < 1.29 is 14.7 Å². The summed E-state index contributed by atoms with van der Waals surface area (Å²) in [5, 5.41) is 9.59. The van der Waals surface area contributed by atoms with Crippen LogP contribution in [0.15, 0.2) is 49.2 Å². The first-order valence-corrected chi connectivity index (χ1v) is 6.09. The first-order chi connectivity index (χ1) is 9.63. The molecular weight excluding hydrogens is 256 g/mol. The van der Waals surface area contributed by atoms with Gasteiger partial charge in [0.05, 0.1) is 5.52 Å². The largest absolute Gasteiger partial charge is 0.480 e. The normalized spacial score (nSPS) is 10.2. The van der Waals surface area contributed by atoms with Crippen LogP contribution >= 0.6 is 0 Å². The molecule has 1 amide bonds. The van der Waals surface area contributed by atoms with E-state index < -0.39 is 5.97 Å². The number of carbonyl (C=O) groups is 2. The van der Waals surface area contributed by atoms with E-state index in [1.807, 2.05) is 0 Å². The number of carbonyl (C=O) groups excluding carboxylic acids is 1. The van der Waals surface area contributed by atoms with E-state index in [4.69, 9.17) is 5.11 Å². The van der Waals surface area contributed by atoms with Gasteiger partial charge in [-0.05, 0) is 18.2 Å². The van der Waals surface area contributed by atoms with Gasteiger partial charge in [-0.25, -0.2) is 0 Å². The Bertz CT molecular complexity index is 662. The molecule has 2 rings (SSSR count). The maximum absolute atomic E-state index is 12.5. The molecule has 0 saturated heterocycles. The van der Waals surface area contributed by atoms with Crippen molar-refractivity contribution in [1.82, 2.24) is 9.88 Å². The number of benzene rings is 1. The first-order valence-electron chi connectivity index (χ1n) is 6.09. The van der Waals surface area contributed by atoms with Gasteiger partial charge in [0.25, 0.3) is 5.91 Å². The molecule has 102 valence electrons. The molecule has 0 aliphatic rings. The lowest BCUT2D eigenvalue weighted by Gasteiger charge is -2.19. The van der Waals surface area contributed by atoms with Gasteiger partial charge in [0.2, 0.25) is 0 Å². The number of amides is 1. The van der Waals surface area contributed by atoms with Crippen molar-refractivity contribution in [2.75, 3.05) is 13.1 Å². The van der Waals surface area contributed by atoms with Gasteiger partial charge < -0.3 is 10.0 Å². The Balaban J connectivity index is 2.43. The molecule has 5 nitrogen and oxygen atoms in total. The molecule has 0 aliphatic heterocycles. The van der Waals surface area contributed by atoms with Crippen LogP contribution in [-0.4, -0.2) is 40.0 Å². The highest BCUT2D eigenvalue weighted by molar-refractivity contribution is 6.06. The Morgan fingerprint density at radius 2 is 2.10 bits per heavy atom. The summed E-state index contributed by atoms with van der Waals surface area (Å²) in [4.78, 5) is 28.7. The number of fused-ring (bicyclic) bond motifs is 1. The molecule has 0 atom stereocenters. The summed E-state index contributed by atoms with van der Waals surface area (Å²) in [6.45, 7) is 3.37. The predicted octanol–water partition coefficient (Wildman–Crippen LogP) is 1.95. The fraction of sp³-hybridized carbons (Fsp3) is 0.133. The standard InChI is InChI=1S/C15H14N2O3/c1-2-9-17(10-14(18)19)15(20)12-5-3-7-13-11(12)6-4-8-16-13/h2-8H,1,9-10H2,(H,18,19). The van der Waals surface area contributed by atoms with Gasteiger partial charge in [-0.15, -0.1) is 6.58 Å². The maximum Gasteiger partial charge on any atom is 0.323 e. The van der Waals surface area contributed by atoms with Crippen LogP contribution in [0.3, 0.4) is 0 Å². The molecule has 0 bridgehead atoms. The van der Waals surface area contributed by atoms with Crippen LogP contribution < -0.4 is 0 Å². The third-order valence-corrected chi connectivity index (χ3v) is 2.84. The summed E-state index contributed by atoms with van der Waals surface area (Å²) >= 11 is 0. The molecule has 1 heterocycles. The monoisotopic (exact) mass is 270 g/mol. The van der Waals surface area contributed by atoms with Gasteiger partial charge >= 0.3 is 5.97 Å². The van der Waals surface area contributed by atoms with Crippen molar-refractivity contribution in [2.45, 2.75) is 0 Å². The van der Waals surface area contributed by atoms with E-state index in [9.17, 15) is 9.59 Å². The molecule has 20 heavy (non-hydrogen) atoms. The molecule has 0 radical (unpaired) electrons. The summed E-state index contributed by atoms with van der Waals surface area (Å²) in [5.41, 5.74) is 1.14. The molecule has 0 saturated carbocycles. The first kappa shape index (κ1) is 13.7. The van der Waals surface area contributed by atoms with Crippen molar-refractivity contribution in [3.8, 4) is 0 Å². The van der Waals surface area contributed by atoms with Crippen molar-refractivity contribution in [3.63, 3.8) is 0 Å². The number of hydrogen-bond acceptors (Lipinski definition) is 3. The van der Waals surface area contributed by atoms with Gasteiger partial charge in [0.1, 0.15) is 6.54 Å². The van der Waals surface area contributed by atoms with Crippen LogP contribution in [-0.2, 0) is 4.79 Å². The van der Waals surface area contributed by atoms with Gasteiger partial charge in [0.15, 0.2) is 0 Å². The average Bonchev–Trinajstić information content (AvgIpc) is 2.45. The Morgan fingerprint density at radius 3 is 2.80 bits per heavy atom. The molecule has 0 fully saturated rings. The molecule has 1 N–H and O–H groups in total. The van der Waals surface area contributed by atoms with E-state index in [1.54, 1.807) is 36.5 Å². The number of pyridine rings is 1. The topological polar surface area (TPSA) is 70.5 Å². The SMILES string of the molecule is C=CCN(CC(=O)O)C(=O)c1cccc2ncccc12. The Morgan fingerprint density at radius 1 is 1.30 bits per heavy atom. The van der Waals surface area contributed by atoms with Crippen molar-refractivity contribution in [1.29, 1.82) is 0 Å². The third-order valence-electron chi connectivity index (χ3n) is 2.84. The fourth-order valence-corrected chi connectivity index (χ4v) is 2.00. The number of carboxylic acids is 1. The van der Waals surface area contributed by atoms with E-state index >= 15 is 0 Å². The van der Waals surface area contributed by atoms with E-state index in [0.717, 1.165) is 0 Å². The second kappa shape index (κ2) is 5.97. The van der Waals surface area contributed by atoms with Crippen LogP contribution in [0.25, 0.3) is 10.9 Å². The van der Waals surface area contributed by atoms with E-state index in [1.165, 1.54) is 11.0 Å². The van der Waals surface area contributed by atoms with Gasteiger partial charge in [-0.2, -0.15) is 0 Å². The van der Waals surface area contributed by atoms with Crippen LogP contribution in [0.5, 0.6) is 0 Å². The summed E-state index contributed by atoms with van der Waals surface area (Å²) < 4.78 is 0. The van der Waals surface area contributed by atoms with Crippen LogP contribution in [0.2, 0.25) is 0 Å². The lowest BCUT2D eigenvalue weighted by molar-refractivity contribution is -0.137. The Hall–Kier alpha value is -2.69. The second-order valence-corrected chi connectivity index (χ2v) is 4.24. The predicted molar refractivity (Wildman–Crippen MR) is 75.5 cm³/mol. The van der Waals surface area contributed by atoms with Gasteiger partial charge in [-0.1, -0.05) is 18.2 Å². The fourth-order valence-electron chi connectivity index (χ4n) is 2.00. The van der Waals surface area contributed by atoms with Crippen LogP contribution in [0, 0.1) is 0 Å². The zero-order chi connectivity index (χ0) is 14.5. The zero-order valence-electron chi connectivity index (χ0n) is 10.8. The van der Waals surface area contributed by atoms with Gasteiger partial charge in [0, 0.05) is 23.7 Å². The maximum atomic E-state index is 12.5. The van der Waals surface area contributed by atoms with Crippen LogP contribution in [0.4, 0.5) is 0 Å². The number of aromatic nitrogens is 1. The van der Waals surface area contributed by atoms with E-state index in [2.05, 4.69) is 11.6 Å². The highest BCUT2D eigenvalue weighted by Gasteiger charge is 2.19. The molecule has 0 aliphatic carbocycles. The molecule has 1 aromatic carbocycles. The highest BCUT2D eigenvalue weighted by atomic mass is 16.4. The highest BCUT2D eigenvalue weighted by Crippen LogP contribution is 2.18. The molecule has 0 unspecified atom stereocenters. The van der Waals surface area contributed by atoms with Gasteiger partial charge in [-0.3, -0.25) is 14.6 Å². The smallest absolute Gasteiger partial charge is 0.323 e. The number of rotatable bonds is 5. The van der Waals surface area contributed by atoms with Crippen molar-refractivity contribution in [2.24, 2.45) is 0 Å². The van der Waals surface area contributed by atoms with Crippen molar-refractivity contribution in [3.05, 3.63) is 54.7 Å². The van der Waals surface area contributed by atoms with E-state index in [0.29, 0.717) is 16.5 Å². The summed E-state index contributed by atoms with van der Waals surface area (Å²) in [6, 6.07) is 8.75. The summed E-state index contributed by atoms with van der Waals surface area (Å²) in [5.74, 6) is -1.40. The minimum absolute atomic E-state index is 0.182. The summed E-state index contributed by atoms with van der Waals surface area (Å²) in [6.07, 6.45) is 3.15. The lowest BCUT2D eigenvalue weighted by Crippen LogP contribution is -2.35. The summed E-state index contributed by atoms with van der Waals surface area (Å²) in [7, 11) is 0. The number of carboxylic acid groups (broad SMARTS) is 1. The van der Waals surface area contributed by atoms with Crippen LogP contribution in [0.1, 0.15) is 10.4 Å². The lowest BCUT2D eigenvalue weighted by atomic mass is 10.1.